The van der Waals surface area contributed by atoms with Crippen molar-refractivity contribution in [3.05, 3.63) is 30.3 Å². The Morgan fingerprint density at radius 2 is 1.90 bits per heavy atom. The lowest BCUT2D eigenvalue weighted by Gasteiger charge is -2.37. The van der Waals surface area contributed by atoms with Crippen LogP contribution in [0.4, 0.5) is 0 Å². The topological polar surface area (TPSA) is 74.2 Å². The number of nitrogens with one attached hydrogen (secondary N) is 1. The van der Waals surface area contributed by atoms with Crippen molar-refractivity contribution in [2.24, 2.45) is 4.99 Å². The van der Waals surface area contributed by atoms with Crippen LogP contribution in [0.3, 0.4) is 0 Å². The molecule has 0 bridgehead atoms. The first-order valence-corrected chi connectivity index (χ1v) is 11.4. The minimum atomic E-state index is -1.04. The van der Waals surface area contributed by atoms with Gasteiger partial charge in [0.2, 0.25) is 0 Å². The standard InChI is InChI=1S/C20H30N4O3S.HI/c1-2-21-20(22-10-16-28(26)17-7-4-3-5-8-17)24-13-11-23(12-14-24)19(25)18-9-6-15-27-18;/h3-5,7-8,18H,2,6,9-16H2,1H3,(H,21,22);1H. The number of halogens is 1. The van der Waals surface area contributed by atoms with Gasteiger partial charge in [-0.2, -0.15) is 0 Å². The molecule has 0 aliphatic carbocycles. The van der Waals surface area contributed by atoms with Crippen molar-refractivity contribution in [3.8, 4) is 0 Å². The lowest BCUT2D eigenvalue weighted by Crippen LogP contribution is -2.55. The van der Waals surface area contributed by atoms with E-state index in [9.17, 15) is 9.00 Å². The molecule has 162 valence electrons. The predicted octanol–water partition coefficient (Wildman–Crippen LogP) is 1.70. The summed E-state index contributed by atoms with van der Waals surface area (Å²) in [4.78, 5) is 22.1. The SMILES string of the molecule is CCNC(=NCCS(=O)c1ccccc1)N1CCN(C(=O)C2CCCO2)CC1.I. The normalized spacial score (nSPS) is 20.9. The van der Waals surface area contributed by atoms with Crippen molar-refractivity contribution in [1.82, 2.24) is 15.1 Å². The first kappa shape index (κ1) is 24.1. The molecular formula is C20H31IN4O3S. The molecule has 2 heterocycles. The number of carbonyl (C=O) groups excluding carboxylic acids is 1. The fraction of sp³-hybridized carbons (Fsp3) is 0.600. The van der Waals surface area contributed by atoms with Crippen molar-refractivity contribution in [2.75, 3.05) is 51.6 Å². The maximum absolute atomic E-state index is 12.5. The smallest absolute Gasteiger partial charge is 0.251 e. The van der Waals surface area contributed by atoms with E-state index in [0.29, 0.717) is 32.0 Å². The molecule has 1 amide bonds. The van der Waals surface area contributed by atoms with Crippen molar-refractivity contribution in [2.45, 2.75) is 30.8 Å². The Balaban J connectivity index is 0.00000300. The van der Waals surface area contributed by atoms with E-state index in [0.717, 1.165) is 43.3 Å². The molecule has 1 aromatic rings. The van der Waals surface area contributed by atoms with E-state index in [1.54, 1.807) is 0 Å². The van der Waals surface area contributed by atoms with Crippen LogP contribution in [0.15, 0.2) is 40.2 Å². The molecule has 29 heavy (non-hydrogen) atoms. The molecule has 1 N–H and O–H groups in total. The molecule has 2 unspecified atom stereocenters. The second kappa shape index (κ2) is 12.5. The number of amides is 1. The fourth-order valence-corrected chi connectivity index (χ4v) is 4.42. The number of piperazine rings is 1. The zero-order chi connectivity index (χ0) is 19.8. The third kappa shape index (κ3) is 6.92. The number of rotatable bonds is 6. The van der Waals surface area contributed by atoms with Gasteiger partial charge in [-0.25, -0.2) is 0 Å². The maximum Gasteiger partial charge on any atom is 0.251 e. The Hall–Kier alpha value is -1.20. The van der Waals surface area contributed by atoms with Crippen molar-refractivity contribution < 1.29 is 13.7 Å². The van der Waals surface area contributed by atoms with Crippen molar-refractivity contribution >= 4 is 46.6 Å². The highest BCUT2D eigenvalue weighted by atomic mass is 127. The molecule has 2 aliphatic heterocycles. The van der Waals surface area contributed by atoms with E-state index in [1.165, 1.54) is 0 Å². The van der Waals surface area contributed by atoms with E-state index >= 15 is 0 Å². The number of nitrogens with zero attached hydrogens (tertiary/aromatic N) is 3. The number of benzene rings is 1. The average molecular weight is 534 g/mol. The molecule has 0 spiro atoms. The van der Waals surface area contributed by atoms with Crippen molar-refractivity contribution in [1.29, 1.82) is 0 Å². The fourth-order valence-electron chi connectivity index (χ4n) is 3.47. The molecule has 2 aliphatic rings. The summed E-state index contributed by atoms with van der Waals surface area (Å²) in [5.74, 6) is 1.45. The van der Waals surface area contributed by atoms with E-state index in [2.05, 4.69) is 15.2 Å². The Bertz CT molecular complexity index is 690. The molecule has 2 saturated heterocycles. The lowest BCUT2D eigenvalue weighted by atomic mass is 10.2. The molecule has 0 aromatic heterocycles. The van der Waals surface area contributed by atoms with Crippen LogP contribution in [0.2, 0.25) is 0 Å². The molecular weight excluding hydrogens is 503 g/mol. The highest BCUT2D eigenvalue weighted by Crippen LogP contribution is 2.16. The van der Waals surface area contributed by atoms with Gasteiger partial charge in [0.25, 0.3) is 5.91 Å². The van der Waals surface area contributed by atoms with Gasteiger partial charge >= 0.3 is 0 Å². The van der Waals surface area contributed by atoms with Gasteiger partial charge in [0, 0.05) is 50.0 Å². The largest absolute Gasteiger partial charge is 0.368 e. The minimum absolute atomic E-state index is 0. The number of carbonyl (C=O) groups is 1. The van der Waals surface area contributed by atoms with Gasteiger partial charge in [0.05, 0.1) is 17.3 Å². The van der Waals surface area contributed by atoms with Gasteiger partial charge in [-0.15, -0.1) is 24.0 Å². The zero-order valence-corrected chi connectivity index (χ0v) is 20.1. The average Bonchev–Trinajstić information content (AvgIpc) is 3.28. The molecule has 2 fully saturated rings. The molecule has 0 radical (unpaired) electrons. The van der Waals surface area contributed by atoms with E-state index in [1.807, 2.05) is 42.2 Å². The van der Waals surface area contributed by atoms with Crippen LogP contribution < -0.4 is 5.32 Å². The number of ether oxygens (including phenoxy) is 1. The minimum Gasteiger partial charge on any atom is -0.368 e. The quantitative estimate of drug-likeness (QED) is 0.342. The van der Waals surface area contributed by atoms with E-state index < -0.39 is 10.8 Å². The van der Waals surface area contributed by atoms with Crippen LogP contribution in [0.1, 0.15) is 19.8 Å². The second-order valence-electron chi connectivity index (χ2n) is 6.91. The first-order chi connectivity index (χ1) is 13.7. The van der Waals surface area contributed by atoms with Crippen LogP contribution >= 0.6 is 24.0 Å². The van der Waals surface area contributed by atoms with Gasteiger partial charge in [-0.1, -0.05) is 18.2 Å². The van der Waals surface area contributed by atoms with Crippen molar-refractivity contribution in [3.63, 3.8) is 0 Å². The third-order valence-corrected chi connectivity index (χ3v) is 6.33. The van der Waals surface area contributed by atoms with Gasteiger partial charge < -0.3 is 19.9 Å². The van der Waals surface area contributed by atoms with Crippen LogP contribution in [0.5, 0.6) is 0 Å². The molecule has 3 rings (SSSR count). The van der Waals surface area contributed by atoms with Crippen LogP contribution in [0.25, 0.3) is 0 Å². The summed E-state index contributed by atoms with van der Waals surface area (Å²) in [6.45, 7) is 6.84. The Morgan fingerprint density at radius 3 is 2.52 bits per heavy atom. The molecule has 1 aromatic carbocycles. The predicted molar refractivity (Wildman–Crippen MR) is 126 cm³/mol. The highest BCUT2D eigenvalue weighted by Gasteiger charge is 2.30. The number of hydrogen-bond donors (Lipinski definition) is 1. The molecule has 9 heteroatoms. The third-order valence-electron chi connectivity index (χ3n) is 4.98. The van der Waals surface area contributed by atoms with Gasteiger partial charge in [-0.3, -0.25) is 14.0 Å². The van der Waals surface area contributed by atoms with Crippen LogP contribution in [-0.2, 0) is 20.3 Å². The monoisotopic (exact) mass is 534 g/mol. The van der Waals surface area contributed by atoms with E-state index in [-0.39, 0.29) is 36.0 Å². The lowest BCUT2D eigenvalue weighted by molar-refractivity contribution is -0.142. The second-order valence-corrected chi connectivity index (χ2v) is 8.48. The highest BCUT2D eigenvalue weighted by molar-refractivity contribution is 14.0. The summed E-state index contributed by atoms with van der Waals surface area (Å²) in [7, 11) is -1.04. The summed E-state index contributed by atoms with van der Waals surface area (Å²) >= 11 is 0. The van der Waals surface area contributed by atoms with Gasteiger partial charge in [-0.05, 0) is 31.9 Å². The summed E-state index contributed by atoms with van der Waals surface area (Å²) in [6, 6.07) is 9.49. The van der Waals surface area contributed by atoms with Gasteiger partial charge in [0.15, 0.2) is 5.96 Å². The summed E-state index contributed by atoms with van der Waals surface area (Å²) in [5, 5.41) is 3.31. The summed E-state index contributed by atoms with van der Waals surface area (Å²) in [6.07, 6.45) is 1.56. The van der Waals surface area contributed by atoms with E-state index in [4.69, 9.17) is 4.74 Å². The van der Waals surface area contributed by atoms with Crippen LogP contribution in [-0.4, -0.2) is 83.6 Å². The Labute approximate surface area is 192 Å². The van der Waals surface area contributed by atoms with Gasteiger partial charge in [0.1, 0.15) is 6.10 Å². The Morgan fingerprint density at radius 1 is 1.21 bits per heavy atom. The van der Waals surface area contributed by atoms with Crippen LogP contribution in [0, 0.1) is 0 Å². The maximum atomic E-state index is 12.5. The number of hydrogen-bond acceptors (Lipinski definition) is 4. The number of guanidine groups is 1. The first-order valence-electron chi connectivity index (χ1n) is 10.1. The molecule has 2 atom stereocenters. The summed E-state index contributed by atoms with van der Waals surface area (Å²) < 4.78 is 17.9. The molecule has 7 nitrogen and oxygen atoms in total. The number of aliphatic imine (C=N–C) groups is 1. The summed E-state index contributed by atoms with van der Waals surface area (Å²) in [5.41, 5.74) is 0. The molecule has 0 saturated carbocycles. The zero-order valence-electron chi connectivity index (χ0n) is 16.9. The Kier molecular flexibility index (Phi) is 10.4.